The molecule has 0 bridgehead atoms. The zero-order valence-electron chi connectivity index (χ0n) is 9.82. The molecule has 0 spiro atoms. The van der Waals surface area contributed by atoms with Gasteiger partial charge in [-0.15, -0.1) is 6.58 Å². The Balaban J connectivity index is 2.50. The van der Waals surface area contributed by atoms with E-state index in [1.807, 2.05) is 18.2 Å². The summed E-state index contributed by atoms with van der Waals surface area (Å²) in [4.78, 5) is 0. The summed E-state index contributed by atoms with van der Waals surface area (Å²) >= 11 is 0. The van der Waals surface area contributed by atoms with Gasteiger partial charge in [-0.05, 0) is 28.3 Å². The van der Waals surface area contributed by atoms with Crippen molar-refractivity contribution in [3.63, 3.8) is 0 Å². The Labute approximate surface area is 102 Å². The van der Waals surface area contributed by atoms with E-state index >= 15 is 0 Å². The SMILES string of the molecule is C=CCc1ccc2c(CC(=C)O)cccc2c1. The zero-order chi connectivity index (χ0) is 12.3. The fourth-order valence-corrected chi connectivity index (χ4v) is 2.07. The number of hydrogen-bond donors (Lipinski definition) is 1. The molecule has 0 aromatic heterocycles. The van der Waals surface area contributed by atoms with Crippen LogP contribution in [0.15, 0.2) is 61.4 Å². The highest BCUT2D eigenvalue weighted by molar-refractivity contribution is 5.86. The lowest BCUT2D eigenvalue weighted by Crippen LogP contribution is -1.90. The van der Waals surface area contributed by atoms with Gasteiger partial charge in [0, 0.05) is 6.42 Å². The van der Waals surface area contributed by atoms with Gasteiger partial charge in [0.15, 0.2) is 0 Å². The molecule has 0 aliphatic heterocycles. The van der Waals surface area contributed by atoms with Crippen molar-refractivity contribution >= 4 is 10.8 Å². The fraction of sp³-hybridized carbons (Fsp3) is 0.125. The number of fused-ring (bicyclic) bond motifs is 1. The number of aliphatic hydroxyl groups excluding tert-OH is 1. The molecule has 1 N–H and O–H groups in total. The molecule has 0 fully saturated rings. The molecule has 17 heavy (non-hydrogen) atoms. The number of hydrogen-bond acceptors (Lipinski definition) is 1. The quantitative estimate of drug-likeness (QED) is 0.610. The van der Waals surface area contributed by atoms with Crippen molar-refractivity contribution in [2.45, 2.75) is 12.8 Å². The maximum absolute atomic E-state index is 9.30. The van der Waals surface area contributed by atoms with Gasteiger partial charge < -0.3 is 5.11 Å². The lowest BCUT2D eigenvalue weighted by atomic mass is 9.99. The third kappa shape index (κ3) is 2.56. The highest BCUT2D eigenvalue weighted by Gasteiger charge is 2.02. The van der Waals surface area contributed by atoms with E-state index in [2.05, 4.69) is 37.4 Å². The topological polar surface area (TPSA) is 20.2 Å². The third-order valence-electron chi connectivity index (χ3n) is 2.81. The summed E-state index contributed by atoms with van der Waals surface area (Å²) in [7, 11) is 0. The van der Waals surface area contributed by atoms with E-state index in [1.165, 1.54) is 16.3 Å². The minimum absolute atomic E-state index is 0.202. The molecule has 0 atom stereocenters. The fourth-order valence-electron chi connectivity index (χ4n) is 2.07. The van der Waals surface area contributed by atoms with Crippen LogP contribution in [-0.4, -0.2) is 5.11 Å². The molecule has 0 heterocycles. The van der Waals surface area contributed by atoms with E-state index in [4.69, 9.17) is 0 Å². The summed E-state index contributed by atoms with van der Waals surface area (Å²) < 4.78 is 0. The van der Waals surface area contributed by atoms with Gasteiger partial charge in [-0.1, -0.05) is 49.1 Å². The molecule has 1 nitrogen and oxygen atoms in total. The Bertz CT molecular complexity index is 567. The summed E-state index contributed by atoms with van der Waals surface area (Å²) in [5.74, 6) is 0.202. The summed E-state index contributed by atoms with van der Waals surface area (Å²) in [5, 5.41) is 11.7. The molecule has 0 saturated heterocycles. The Morgan fingerprint density at radius 3 is 2.76 bits per heavy atom. The van der Waals surface area contributed by atoms with Crippen molar-refractivity contribution in [3.05, 3.63) is 72.5 Å². The van der Waals surface area contributed by atoms with Gasteiger partial charge in [0.2, 0.25) is 0 Å². The number of allylic oxidation sites excluding steroid dienone is 2. The Kier molecular flexibility index (Phi) is 3.29. The monoisotopic (exact) mass is 224 g/mol. The van der Waals surface area contributed by atoms with Crippen LogP contribution in [0.3, 0.4) is 0 Å². The average molecular weight is 224 g/mol. The van der Waals surface area contributed by atoms with Gasteiger partial charge in [0.25, 0.3) is 0 Å². The van der Waals surface area contributed by atoms with Crippen LogP contribution in [0.4, 0.5) is 0 Å². The smallest absolute Gasteiger partial charge is 0.0895 e. The van der Waals surface area contributed by atoms with E-state index in [9.17, 15) is 5.11 Å². The Hall–Kier alpha value is -2.02. The van der Waals surface area contributed by atoms with E-state index in [0.717, 1.165) is 12.0 Å². The molecular formula is C16H16O. The van der Waals surface area contributed by atoms with Crippen molar-refractivity contribution in [2.75, 3.05) is 0 Å². The van der Waals surface area contributed by atoms with E-state index in [0.29, 0.717) is 6.42 Å². The van der Waals surface area contributed by atoms with Crippen LogP contribution < -0.4 is 0 Å². The third-order valence-corrected chi connectivity index (χ3v) is 2.81. The van der Waals surface area contributed by atoms with Crippen LogP contribution in [0, 0.1) is 0 Å². The van der Waals surface area contributed by atoms with Crippen LogP contribution >= 0.6 is 0 Å². The van der Waals surface area contributed by atoms with Crippen LogP contribution in [-0.2, 0) is 12.8 Å². The highest BCUT2D eigenvalue weighted by atomic mass is 16.3. The molecule has 0 aliphatic carbocycles. The zero-order valence-corrected chi connectivity index (χ0v) is 9.82. The minimum Gasteiger partial charge on any atom is -0.513 e. The lowest BCUT2D eigenvalue weighted by Gasteiger charge is -2.07. The lowest BCUT2D eigenvalue weighted by molar-refractivity contribution is 0.402. The van der Waals surface area contributed by atoms with E-state index in [-0.39, 0.29) is 5.76 Å². The Morgan fingerprint density at radius 1 is 1.24 bits per heavy atom. The second kappa shape index (κ2) is 4.88. The van der Waals surface area contributed by atoms with Crippen LogP contribution in [0.2, 0.25) is 0 Å². The van der Waals surface area contributed by atoms with Gasteiger partial charge in [0.05, 0.1) is 5.76 Å². The van der Waals surface area contributed by atoms with Crippen molar-refractivity contribution in [1.82, 2.24) is 0 Å². The van der Waals surface area contributed by atoms with E-state index < -0.39 is 0 Å². The first-order valence-electron chi connectivity index (χ1n) is 5.69. The molecule has 86 valence electrons. The van der Waals surface area contributed by atoms with Crippen molar-refractivity contribution in [2.24, 2.45) is 0 Å². The van der Waals surface area contributed by atoms with Gasteiger partial charge in [-0.3, -0.25) is 0 Å². The molecule has 2 aromatic rings. The highest BCUT2D eigenvalue weighted by Crippen LogP contribution is 2.22. The maximum atomic E-state index is 9.30. The largest absolute Gasteiger partial charge is 0.513 e. The summed E-state index contributed by atoms with van der Waals surface area (Å²) in [6.45, 7) is 7.29. The summed E-state index contributed by atoms with van der Waals surface area (Å²) in [5.41, 5.74) is 2.37. The minimum atomic E-state index is 0.202. The maximum Gasteiger partial charge on any atom is 0.0895 e. The van der Waals surface area contributed by atoms with Crippen molar-refractivity contribution in [3.8, 4) is 0 Å². The standard InChI is InChI=1S/C16H16O/c1-3-5-13-8-9-16-14(10-12(2)17)6-4-7-15(16)11-13/h3-4,6-9,11,17H,1-2,5,10H2. The van der Waals surface area contributed by atoms with Crippen LogP contribution in [0.5, 0.6) is 0 Å². The number of benzene rings is 2. The van der Waals surface area contributed by atoms with Crippen LogP contribution in [0.1, 0.15) is 11.1 Å². The molecular weight excluding hydrogens is 208 g/mol. The first kappa shape index (κ1) is 11.5. The Morgan fingerprint density at radius 2 is 2.06 bits per heavy atom. The first-order chi connectivity index (χ1) is 8.20. The molecule has 2 aromatic carbocycles. The van der Waals surface area contributed by atoms with Crippen molar-refractivity contribution in [1.29, 1.82) is 0 Å². The molecule has 1 heteroatoms. The van der Waals surface area contributed by atoms with Crippen LogP contribution in [0.25, 0.3) is 10.8 Å². The number of aliphatic hydroxyl groups is 1. The molecule has 2 rings (SSSR count). The molecule has 0 radical (unpaired) electrons. The molecule has 0 unspecified atom stereocenters. The molecule has 0 aliphatic rings. The first-order valence-corrected chi connectivity index (χ1v) is 5.69. The molecule has 0 amide bonds. The summed E-state index contributed by atoms with van der Waals surface area (Å²) in [6, 6.07) is 12.5. The van der Waals surface area contributed by atoms with E-state index in [1.54, 1.807) is 0 Å². The normalized spacial score (nSPS) is 10.4. The van der Waals surface area contributed by atoms with Gasteiger partial charge >= 0.3 is 0 Å². The van der Waals surface area contributed by atoms with Crippen molar-refractivity contribution < 1.29 is 5.11 Å². The molecule has 0 saturated carbocycles. The van der Waals surface area contributed by atoms with Gasteiger partial charge in [0.1, 0.15) is 0 Å². The predicted molar refractivity (Wildman–Crippen MR) is 73.3 cm³/mol. The summed E-state index contributed by atoms with van der Waals surface area (Å²) in [6.07, 6.45) is 3.30. The predicted octanol–water partition coefficient (Wildman–Crippen LogP) is 4.18. The average Bonchev–Trinajstić information content (AvgIpc) is 2.29. The van der Waals surface area contributed by atoms with Gasteiger partial charge in [-0.25, -0.2) is 0 Å². The number of rotatable bonds is 4. The van der Waals surface area contributed by atoms with Gasteiger partial charge in [-0.2, -0.15) is 0 Å². The second-order valence-corrected chi connectivity index (χ2v) is 4.21. The second-order valence-electron chi connectivity index (χ2n) is 4.21.